The molecule has 1 aliphatic carbocycles. The Bertz CT molecular complexity index is 601. The lowest BCUT2D eigenvalue weighted by atomic mass is 10.1. The van der Waals surface area contributed by atoms with Crippen LogP contribution in [0.15, 0.2) is 18.2 Å². The molecule has 1 heterocycles. The lowest BCUT2D eigenvalue weighted by molar-refractivity contribution is -0.159. The van der Waals surface area contributed by atoms with Gasteiger partial charge in [0, 0.05) is 22.5 Å². The van der Waals surface area contributed by atoms with Crippen molar-refractivity contribution >= 4 is 35.1 Å². The molecule has 2 aliphatic rings. The predicted octanol–water partition coefficient (Wildman–Crippen LogP) is 2.41. The Balaban J connectivity index is 1.66. The van der Waals surface area contributed by atoms with Gasteiger partial charge in [-0.05, 0) is 36.1 Å². The Morgan fingerprint density at radius 2 is 1.91 bits per heavy atom. The Morgan fingerprint density at radius 1 is 1.23 bits per heavy atom. The van der Waals surface area contributed by atoms with Crippen LogP contribution in [0.2, 0.25) is 10.0 Å². The molecular weight excluding hydrogens is 329 g/mol. The van der Waals surface area contributed by atoms with Gasteiger partial charge in [-0.3, -0.25) is 4.79 Å². The topological polar surface area (TPSA) is 66.8 Å². The second kappa shape index (κ2) is 6.07. The third-order valence-corrected chi connectivity index (χ3v) is 4.51. The monoisotopic (exact) mass is 343 g/mol. The summed E-state index contributed by atoms with van der Waals surface area (Å²) in [5, 5.41) is 10.1. The van der Waals surface area contributed by atoms with Crippen molar-refractivity contribution in [1.29, 1.82) is 0 Å². The van der Waals surface area contributed by atoms with Gasteiger partial charge >= 0.3 is 5.97 Å². The molecule has 1 aromatic carbocycles. The Labute approximate surface area is 137 Å². The summed E-state index contributed by atoms with van der Waals surface area (Å²) in [6.45, 7) is 0.791. The lowest BCUT2D eigenvalue weighted by Gasteiger charge is -2.31. The van der Waals surface area contributed by atoms with Crippen LogP contribution in [0.1, 0.15) is 17.9 Å². The highest BCUT2D eigenvalue weighted by molar-refractivity contribution is 6.34. The van der Waals surface area contributed by atoms with E-state index in [1.807, 2.05) is 12.1 Å². The zero-order valence-corrected chi connectivity index (χ0v) is 13.2. The van der Waals surface area contributed by atoms with Crippen molar-refractivity contribution in [2.75, 3.05) is 19.7 Å². The Kier molecular flexibility index (Phi) is 4.30. The van der Waals surface area contributed by atoms with E-state index in [1.54, 1.807) is 11.0 Å². The summed E-state index contributed by atoms with van der Waals surface area (Å²) >= 11 is 12.0. The number of hydrogen-bond donors (Lipinski definition) is 1. The van der Waals surface area contributed by atoms with Gasteiger partial charge in [0.2, 0.25) is 5.91 Å². The maximum Gasteiger partial charge on any atom is 0.334 e. The van der Waals surface area contributed by atoms with Crippen molar-refractivity contribution in [3.63, 3.8) is 0 Å². The third kappa shape index (κ3) is 3.21. The van der Waals surface area contributed by atoms with Crippen molar-refractivity contribution in [2.24, 2.45) is 5.92 Å². The lowest BCUT2D eigenvalue weighted by Crippen LogP contribution is -2.49. The van der Waals surface area contributed by atoms with Crippen LogP contribution in [0.25, 0.3) is 0 Å². The molecule has 1 N–H and O–H groups in total. The molecule has 3 atom stereocenters. The number of rotatable bonds is 3. The summed E-state index contributed by atoms with van der Waals surface area (Å²) in [6.07, 6.45) is -0.194. The molecule has 1 saturated heterocycles. The zero-order valence-electron chi connectivity index (χ0n) is 11.7. The molecule has 0 spiro atoms. The molecule has 0 aromatic heterocycles. The number of benzene rings is 1. The molecule has 0 radical (unpaired) electrons. The number of hydrogen-bond acceptors (Lipinski definition) is 3. The second-order valence-electron chi connectivity index (χ2n) is 5.63. The molecule has 118 valence electrons. The smallest absolute Gasteiger partial charge is 0.334 e. The van der Waals surface area contributed by atoms with E-state index >= 15 is 0 Å². The van der Waals surface area contributed by atoms with Crippen molar-refractivity contribution < 1.29 is 19.4 Å². The van der Waals surface area contributed by atoms with Gasteiger partial charge in [0.15, 0.2) is 6.10 Å². The molecule has 0 bridgehead atoms. The third-order valence-electron chi connectivity index (χ3n) is 4.07. The van der Waals surface area contributed by atoms with Gasteiger partial charge in [-0.2, -0.15) is 0 Å². The van der Waals surface area contributed by atoms with Crippen molar-refractivity contribution in [3.05, 3.63) is 33.8 Å². The molecule has 7 heteroatoms. The van der Waals surface area contributed by atoms with Crippen molar-refractivity contribution in [3.8, 4) is 0 Å². The van der Waals surface area contributed by atoms with Gasteiger partial charge in [-0.15, -0.1) is 0 Å². The summed E-state index contributed by atoms with van der Waals surface area (Å²) in [4.78, 5) is 25.1. The number of aliphatic carboxylic acids is 1. The van der Waals surface area contributed by atoms with Crippen LogP contribution >= 0.6 is 23.2 Å². The largest absolute Gasteiger partial charge is 0.479 e. The summed E-state index contributed by atoms with van der Waals surface area (Å²) in [7, 11) is 0. The number of nitrogens with zero attached hydrogens (tertiary/aromatic N) is 1. The van der Waals surface area contributed by atoms with Crippen LogP contribution in [0, 0.1) is 5.92 Å². The number of ether oxygens (including phenoxy) is 1. The average molecular weight is 344 g/mol. The van der Waals surface area contributed by atoms with Crippen LogP contribution in [-0.4, -0.2) is 47.7 Å². The van der Waals surface area contributed by atoms with Gasteiger partial charge < -0.3 is 14.7 Å². The number of carboxylic acids is 1. The number of carbonyl (C=O) groups is 2. The fourth-order valence-electron chi connectivity index (χ4n) is 2.86. The van der Waals surface area contributed by atoms with Crippen LogP contribution in [0.4, 0.5) is 0 Å². The first-order valence-corrected chi connectivity index (χ1v) is 7.80. The minimum absolute atomic E-state index is 0.0179. The van der Waals surface area contributed by atoms with Gasteiger partial charge in [0.05, 0.1) is 13.2 Å². The van der Waals surface area contributed by atoms with Crippen LogP contribution < -0.4 is 0 Å². The predicted molar refractivity (Wildman–Crippen MR) is 81.3 cm³/mol. The molecular formula is C15H15Cl2NO4. The van der Waals surface area contributed by atoms with Gasteiger partial charge in [-0.25, -0.2) is 4.79 Å². The minimum Gasteiger partial charge on any atom is -0.479 e. The summed E-state index contributed by atoms with van der Waals surface area (Å²) in [5.74, 6) is -1.07. The van der Waals surface area contributed by atoms with E-state index in [0.29, 0.717) is 16.6 Å². The fraction of sp³-hybridized carbons (Fsp3) is 0.467. The van der Waals surface area contributed by atoms with Crippen molar-refractivity contribution in [1.82, 2.24) is 4.90 Å². The molecule has 0 unspecified atom stereocenters. The standard InChI is InChI=1S/C15H15Cl2NO4/c16-9-3-8(4-10(17)5-9)11-6-12(11)14(19)18-1-2-22-13(7-18)15(20)21/h3-5,11-13H,1-2,6-7H2,(H,20,21)/t11-,12-,13+/m1/s1. The van der Waals surface area contributed by atoms with Crippen LogP contribution in [0.3, 0.4) is 0 Å². The van der Waals surface area contributed by atoms with E-state index in [4.69, 9.17) is 33.0 Å². The number of morpholine rings is 1. The van der Waals surface area contributed by atoms with Crippen LogP contribution in [0.5, 0.6) is 0 Å². The highest BCUT2D eigenvalue weighted by Crippen LogP contribution is 2.49. The number of carbonyl (C=O) groups excluding carboxylic acids is 1. The molecule has 1 amide bonds. The van der Waals surface area contributed by atoms with E-state index in [-0.39, 0.29) is 30.9 Å². The second-order valence-corrected chi connectivity index (χ2v) is 6.51. The van der Waals surface area contributed by atoms with Crippen molar-refractivity contribution in [2.45, 2.75) is 18.4 Å². The van der Waals surface area contributed by atoms with E-state index in [9.17, 15) is 9.59 Å². The van der Waals surface area contributed by atoms with Gasteiger partial charge in [0.25, 0.3) is 0 Å². The molecule has 5 nitrogen and oxygen atoms in total. The van der Waals surface area contributed by atoms with E-state index in [1.165, 1.54) is 0 Å². The number of halogens is 2. The van der Waals surface area contributed by atoms with Crippen LogP contribution in [-0.2, 0) is 14.3 Å². The molecule has 1 aromatic rings. The number of carboxylic acid groups (broad SMARTS) is 1. The molecule has 3 rings (SSSR count). The zero-order chi connectivity index (χ0) is 15.9. The summed E-state index contributed by atoms with van der Waals surface area (Å²) in [6, 6.07) is 5.31. The SMILES string of the molecule is O=C(O)[C@@H]1CN(C(=O)[C@@H]2C[C@@H]2c2cc(Cl)cc(Cl)c2)CCO1. The normalized spacial score (nSPS) is 27.5. The molecule has 22 heavy (non-hydrogen) atoms. The highest BCUT2D eigenvalue weighted by Gasteiger charge is 2.47. The fourth-order valence-corrected chi connectivity index (χ4v) is 3.40. The number of amides is 1. The summed E-state index contributed by atoms with van der Waals surface area (Å²) < 4.78 is 5.13. The van der Waals surface area contributed by atoms with E-state index in [0.717, 1.165) is 12.0 Å². The highest BCUT2D eigenvalue weighted by atomic mass is 35.5. The average Bonchev–Trinajstić information content (AvgIpc) is 3.26. The van der Waals surface area contributed by atoms with Gasteiger partial charge in [0.1, 0.15) is 0 Å². The Morgan fingerprint density at radius 3 is 2.55 bits per heavy atom. The van der Waals surface area contributed by atoms with E-state index < -0.39 is 12.1 Å². The maximum absolute atomic E-state index is 12.5. The maximum atomic E-state index is 12.5. The van der Waals surface area contributed by atoms with Gasteiger partial charge in [-0.1, -0.05) is 23.2 Å². The quantitative estimate of drug-likeness (QED) is 0.915. The molecule has 1 saturated carbocycles. The first-order valence-electron chi connectivity index (χ1n) is 7.05. The first kappa shape index (κ1) is 15.6. The van der Waals surface area contributed by atoms with E-state index in [2.05, 4.69) is 0 Å². The molecule has 1 aliphatic heterocycles. The molecule has 2 fully saturated rings. The summed E-state index contributed by atoms with van der Waals surface area (Å²) in [5.41, 5.74) is 0.957. The minimum atomic E-state index is -1.04. The first-order chi connectivity index (χ1) is 10.5. The Hall–Kier alpha value is -1.30.